The van der Waals surface area contributed by atoms with Gasteiger partial charge in [0, 0.05) is 0 Å². The molecule has 1 aromatic carbocycles. The van der Waals surface area contributed by atoms with Gasteiger partial charge in [-0.15, -0.1) is 6.58 Å². The van der Waals surface area contributed by atoms with Gasteiger partial charge >= 0.3 is 0 Å². The average molecular weight is 286 g/mol. The molecule has 1 fully saturated rings. The smallest absolute Gasteiger partial charge is 0.122 e. The highest BCUT2D eigenvalue weighted by Crippen LogP contribution is 2.38. The normalized spacial score (nSPS) is 22.0. The van der Waals surface area contributed by atoms with Crippen LogP contribution in [0.25, 0.3) is 0 Å². The molecule has 0 amide bonds. The molecule has 1 aromatic rings. The summed E-state index contributed by atoms with van der Waals surface area (Å²) in [5.74, 6) is 2.71. The topological polar surface area (TPSA) is 9.23 Å². The molecule has 0 N–H and O–H groups in total. The molecular weight excluding hydrogens is 256 g/mol. The van der Waals surface area contributed by atoms with Crippen LogP contribution in [0.15, 0.2) is 30.9 Å². The first-order valence-electron chi connectivity index (χ1n) is 8.65. The predicted molar refractivity (Wildman–Crippen MR) is 91.1 cm³/mol. The van der Waals surface area contributed by atoms with Gasteiger partial charge in [0.1, 0.15) is 5.75 Å². The largest absolute Gasteiger partial charge is 0.494 e. The van der Waals surface area contributed by atoms with Gasteiger partial charge in [0.25, 0.3) is 0 Å². The lowest BCUT2D eigenvalue weighted by atomic mass is 9.77. The van der Waals surface area contributed by atoms with E-state index in [1.165, 1.54) is 49.7 Å². The van der Waals surface area contributed by atoms with E-state index in [4.69, 9.17) is 4.74 Å². The van der Waals surface area contributed by atoms with Crippen LogP contribution in [-0.2, 0) is 6.42 Å². The first-order chi connectivity index (χ1) is 10.3. The van der Waals surface area contributed by atoms with Gasteiger partial charge in [0.05, 0.1) is 6.61 Å². The maximum Gasteiger partial charge on any atom is 0.122 e. The fraction of sp³-hybridized carbons (Fsp3) is 0.600. The molecule has 0 radical (unpaired) electrons. The highest BCUT2D eigenvalue weighted by molar-refractivity contribution is 5.39. The molecule has 1 aliphatic rings. The monoisotopic (exact) mass is 286 g/mol. The van der Waals surface area contributed by atoms with Gasteiger partial charge in [0.15, 0.2) is 0 Å². The second kappa shape index (κ2) is 8.26. The first kappa shape index (κ1) is 16.1. The van der Waals surface area contributed by atoms with Gasteiger partial charge in [-0.3, -0.25) is 0 Å². The summed E-state index contributed by atoms with van der Waals surface area (Å²) in [6.45, 7) is 8.93. The molecule has 21 heavy (non-hydrogen) atoms. The maximum atomic E-state index is 5.77. The van der Waals surface area contributed by atoms with E-state index in [-0.39, 0.29) is 0 Å². The van der Waals surface area contributed by atoms with E-state index < -0.39 is 0 Å². The third-order valence-corrected chi connectivity index (χ3v) is 4.72. The van der Waals surface area contributed by atoms with Crippen LogP contribution in [0.4, 0.5) is 0 Å². The van der Waals surface area contributed by atoms with Gasteiger partial charge < -0.3 is 4.74 Å². The quantitative estimate of drug-likeness (QED) is 0.568. The minimum absolute atomic E-state index is 0.748. The van der Waals surface area contributed by atoms with Gasteiger partial charge in [-0.25, -0.2) is 0 Å². The molecule has 0 spiro atoms. The fourth-order valence-corrected chi connectivity index (χ4v) is 3.58. The Morgan fingerprint density at radius 1 is 1.19 bits per heavy atom. The Balaban J connectivity index is 2.06. The Morgan fingerprint density at radius 2 is 1.95 bits per heavy atom. The summed E-state index contributed by atoms with van der Waals surface area (Å²) in [4.78, 5) is 0. The van der Waals surface area contributed by atoms with Crippen molar-refractivity contribution < 1.29 is 4.74 Å². The van der Waals surface area contributed by atoms with Crippen molar-refractivity contribution in [3.05, 3.63) is 42.0 Å². The molecule has 2 rings (SSSR count). The van der Waals surface area contributed by atoms with Crippen molar-refractivity contribution in [3.63, 3.8) is 0 Å². The molecule has 0 saturated heterocycles. The standard InChI is InChI=1S/C20H30O/c1-4-7-16-9-11-17(12-10-16)18-13-14-20(21-6-3)19(15-18)8-5-2/h4,13-17H,1,5-12H2,2-3H3/t16-,17-. The van der Waals surface area contributed by atoms with Crippen molar-refractivity contribution in [3.8, 4) is 5.75 Å². The molecule has 1 heteroatoms. The molecule has 0 atom stereocenters. The highest BCUT2D eigenvalue weighted by Gasteiger charge is 2.22. The Morgan fingerprint density at radius 3 is 2.57 bits per heavy atom. The molecule has 116 valence electrons. The lowest BCUT2D eigenvalue weighted by Gasteiger charge is -2.28. The summed E-state index contributed by atoms with van der Waals surface area (Å²) in [7, 11) is 0. The lowest BCUT2D eigenvalue weighted by Crippen LogP contribution is -2.13. The number of benzene rings is 1. The van der Waals surface area contributed by atoms with Crippen molar-refractivity contribution >= 4 is 0 Å². The lowest BCUT2D eigenvalue weighted by molar-refractivity contribution is 0.326. The van der Waals surface area contributed by atoms with E-state index in [1.807, 2.05) is 0 Å². The van der Waals surface area contributed by atoms with Crippen LogP contribution in [0, 0.1) is 5.92 Å². The predicted octanol–water partition coefficient (Wildman–Crippen LogP) is 5.89. The van der Waals surface area contributed by atoms with Crippen LogP contribution in [0.5, 0.6) is 5.75 Å². The molecule has 1 saturated carbocycles. The number of hydrogen-bond acceptors (Lipinski definition) is 1. The second-order valence-corrected chi connectivity index (χ2v) is 6.29. The third kappa shape index (κ3) is 4.36. The Bertz CT molecular complexity index is 441. The third-order valence-electron chi connectivity index (χ3n) is 4.72. The Kier molecular flexibility index (Phi) is 6.35. The van der Waals surface area contributed by atoms with Gasteiger partial charge in [0.2, 0.25) is 0 Å². The van der Waals surface area contributed by atoms with Crippen molar-refractivity contribution in [1.29, 1.82) is 0 Å². The number of aryl methyl sites for hydroxylation is 1. The Hall–Kier alpha value is -1.24. The van der Waals surface area contributed by atoms with E-state index in [1.54, 1.807) is 0 Å². The summed E-state index contributed by atoms with van der Waals surface area (Å²) in [5.41, 5.74) is 2.92. The van der Waals surface area contributed by atoms with Gasteiger partial charge in [-0.1, -0.05) is 31.6 Å². The Labute approximate surface area is 130 Å². The second-order valence-electron chi connectivity index (χ2n) is 6.29. The number of allylic oxidation sites excluding steroid dienone is 1. The van der Waals surface area contributed by atoms with E-state index in [0.717, 1.165) is 30.6 Å². The molecular formula is C20H30O. The van der Waals surface area contributed by atoms with E-state index >= 15 is 0 Å². The van der Waals surface area contributed by atoms with Crippen LogP contribution < -0.4 is 4.74 Å². The van der Waals surface area contributed by atoms with E-state index in [0.29, 0.717) is 0 Å². The molecule has 1 nitrogen and oxygen atoms in total. The van der Waals surface area contributed by atoms with Crippen LogP contribution in [0.1, 0.15) is 69.4 Å². The number of hydrogen-bond donors (Lipinski definition) is 0. The van der Waals surface area contributed by atoms with E-state index in [2.05, 4.69) is 44.7 Å². The summed E-state index contributed by atoms with van der Waals surface area (Å²) in [6.07, 6.45) is 10.9. The van der Waals surface area contributed by atoms with Crippen molar-refractivity contribution in [2.24, 2.45) is 5.92 Å². The maximum absolute atomic E-state index is 5.77. The van der Waals surface area contributed by atoms with E-state index in [9.17, 15) is 0 Å². The molecule has 0 bridgehead atoms. The zero-order valence-corrected chi connectivity index (χ0v) is 13.7. The van der Waals surface area contributed by atoms with Gasteiger partial charge in [-0.2, -0.15) is 0 Å². The van der Waals surface area contributed by atoms with Crippen molar-refractivity contribution in [2.45, 2.75) is 64.7 Å². The SMILES string of the molecule is C=CC[C@H]1CC[C@H](c2ccc(OCC)c(CCC)c2)CC1. The minimum atomic E-state index is 0.748. The molecule has 1 aliphatic carbocycles. The molecule has 0 aromatic heterocycles. The summed E-state index contributed by atoms with van der Waals surface area (Å²) < 4.78 is 5.77. The van der Waals surface area contributed by atoms with Crippen LogP contribution in [-0.4, -0.2) is 6.61 Å². The zero-order valence-electron chi connectivity index (χ0n) is 13.7. The van der Waals surface area contributed by atoms with Crippen LogP contribution in [0.3, 0.4) is 0 Å². The number of ether oxygens (including phenoxy) is 1. The fourth-order valence-electron chi connectivity index (χ4n) is 3.58. The molecule has 0 heterocycles. The molecule has 0 unspecified atom stereocenters. The number of rotatable bonds is 7. The first-order valence-corrected chi connectivity index (χ1v) is 8.65. The van der Waals surface area contributed by atoms with Crippen molar-refractivity contribution in [1.82, 2.24) is 0 Å². The van der Waals surface area contributed by atoms with Crippen LogP contribution in [0.2, 0.25) is 0 Å². The zero-order chi connectivity index (χ0) is 15.1. The summed E-state index contributed by atoms with van der Waals surface area (Å²) in [6, 6.07) is 6.90. The summed E-state index contributed by atoms with van der Waals surface area (Å²) >= 11 is 0. The van der Waals surface area contributed by atoms with Crippen LogP contribution >= 0.6 is 0 Å². The van der Waals surface area contributed by atoms with Crippen molar-refractivity contribution in [2.75, 3.05) is 6.61 Å². The summed E-state index contributed by atoms with van der Waals surface area (Å²) in [5, 5.41) is 0. The van der Waals surface area contributed by atoms with Gasteiger partial charge in [-0.05, 0) is 74.5 Å². The molecule has 0 aliphatic heterocycles. The highest BCUT2D eigenvalue weighted by atomic mass is 16.5. The average Bonchev–Trinajstić information content (AvgIpc) is 2.51. The minimum Gasteiger partial charge on any atom is -0.494 e.